The van der Waals surface area contributed by atoms with Gasteiger partial charge in [0.05, 0.1) is 0 Å². The number of nitrogens with zero attached hydrogens (tertiary/aromatic N) is 1. The molecule has 1 aliphatic heterocycles. The van der Waals surface area contributed by atoms with Gasteiger partial charge < -0.3 is 5.11 Å². The Bertz CT molecular complexity index is 1040. The fourth-order valence-electron chi connectivity index (χ4n) is 3.76. The minimum absolute atomic E-state index is 0.459. The van der Waals surface area contributed by atoms with Crippen molar-refractivity contribution in [2.75, 3.05) is 13.6 Å². The summed E-state index contributed by atoms with van der Waals surface area (Å²) in [4.78, 5) is 14.7. The maximum absolute atomic E-state index is 11.6. The lowest BCUT2D eigenvalue weighted by molar-refractivity contribution is -0.142. The molecule has 142 valence electrons. The van der Waals surface area contributed by atoms with Crippen LogP contribution in [0, 0.1) is 0 Å². The second-order valence-corrected chi connectivity index (χ2v) is 8.17. The predicted molar refractivity (Wildman–Crippen MR) is 117 cm³/mol. The van der Waals surface area contributed by atoms with E-state index in [0.29, 0.717) is 13.0 Å². The van der Waals surface area contributed by atoms with Gasteiger partial charge in [0.1, 0.15) is 6.04 Å². The van der Waals surface area contributed by atoms with Gasteiger partial charge in [-0.3, -0.25) is 9.69 Å². The number of carboxylic acids is 1. The van der Waals surface area contributed by atoms with Crippen molar-refractivity contribution in [3.05, 3.63) is 83.9 Å². The molecule has 4 heteroatoms. The molecule has 0 radical (unpaired) electrons. The molecule has 4 rings (SSSR count). The van der Waals surface area contributed by atoms with Crippen LogP contribution in [-0.4, -0.2) is 35.6 Å². The van der Waals surface area contributed by atoms with Crippen molar-refractivity contribution in [2.24, 2.45) is 0 Å². The third-order valence-electron chi connectivity index (χ3n) is 5.35. The number of carbonyl (C=O) groups is 1. The minimum Gasteiger partial charge on any atom is -0.480 e. The van der Waals surface area contributed by atoms with E-state index in [2.05, 4.69) is 66.7 Å². The largest absolute Gasteiger partial charge is 0.480 e. The molecule has 1 atom stereocenters. The van der Waals surface area contributed by atoms with Crippen LogP contribution in [0.3, 0.4) is 0 Å². The summed E-state index contributed by atoms with van der Waals surface area (Å²) in [6.45, 7) is 0.664. The minimum atomic E-state index is -0.754. The zero-order chi connectivity index (χ0) is 19.5. The molecular weight excluding hydrogens is 366 g/mol. The van der Waals surface area contributed by atoms with E-state index in [9.17, 15) is 9.90 Å². The molecule has 0 saturated heterocycles. The van der Waals surface area contributed by atoms with Gasteiger partial charge >= 0.3 is 5.97 Å². The first-order chi connectivity index (χ1) is 13.6. The van der Waals surface area contributed by atoms with Crippen molar-refractivity contribution < 1.29 is 9.90 Å². The van der Waals surface area contributed by atoms with Gasteiger partial charge in [0.15, 0.2) is 0 Å². The highest BCUT2D eigenvalue weighted by atomic mass is 32.2. The van der Waals surface area contributed by atoms with Crippen molar-refractivity contribution in [3.8, 4) is 0 Å². The standard InChI is InChI=1S/C24H23NO2S/c1-25-14-13-18(15-22(25)24(26)27)20-10-4-3-8-19(20)16-28-23-12-6-9-17-7-2-5-11-21(17)23/h2-13,22H,14-16H2,1H3,(H,26,27). The molecule has 28 heavy (non-hydrogen) atoms. The van der Waals surface area contributed by atoms with Gasteiger partial charge in [0, 0.05) is 17.2 Å². The number of fused-ring (bicyclic) bond motifs is 1. The third-order valence-corrected chi connectivity index (χ3v) is 6.47. The van der Waals surface area contributed by atoms with Gasteiger partial charge in [-0.05, 0) is 47.0 Å². The molecule has 3 aromatic rings. The van der Waals surface area contributed by atoms with Crippen molar-refractivity contribution >= 4 is 34.1 Å². The van der Waals surface area contributed by atoms with E-state index in [1.165, 1.54) is 26.8 Å². The van der Waals surface area contributed by atoms with Crippen molar-refractivity contribution in [1.82, 2.24) is 4.90 Å². The first kappa shape index (κ1) is 18.8. The summed E-state index contributed by atoms with van der Waals surface area (Å²) < 4.78 is 0. The third kappa shape index (κ3) is 3.84. The molecule has 1 N–H and O–H groups in total. The van der Waals surface area contributed by atoms with Gasteiger partial charge in [-0.1, -0.05) is 66.7 Å². The molecular formula is C24H23NO2S. The highest BCUT2D eigenvalue weighted by Gasteiger charge is 2.27. The number of hydrogen-bond donors (Lipinski definition) is 1. The quantitative estimate of drug-likeness (QED) is 0.601. The Kier molecular flexibility index (Phi) is 5.51. The van der Waals surface area contributed by atoms with Gasteiger partial charge in [-0.15, -0.1) is 11.8 Å². The van der Waals surface area contributed by atoms with Gasteiger partial charge in [-0.25, -0.2) is 0 Å². The number of likely N-dealkylation sites (N-methyl/N-ethyl adjacent to an activating group) is 1. The van der Waals surface area contributed by atoms with Crippen molar-refractivity contribution in [1.29, 1.82) is 0 Å². The number of thioether (sulfide) groups is 1. The topological polar surface area (TPSA) is 40.5 Å². The lowest BCUT2D eigenvalue weighted by atomic mass is 9.92. The van der Waals surface area contributed by atoms with E-state index >= 15 is 0 Å². The molecule has 0 saturated carbocycles. The summed E-state index contributed by atoms with van der Waals surface area (Å²) in [6.07, 6.45) is 2.71. The molecule has 1 unspecified atom stereocenters. The lowest BCUT2D eigenvalue weighted by Gasteiger charge is -2.29. The molecule has 0 amide bonds. The molecule has 1 aliphatic rings. The molecule has 0 aromatic heterocycles. The highest BCUT2D eigenvalue weighted by Crippen LogP contribution is 2.34. The van der Waals surface area contributed by atoms with E-state index in [0.717, 1.165) is 11.3 Å². The van der Waals surface area contributed by atoms with E-state index in [-0.39, 0.29) is 0 Å². The summed E-state index contributed by atoms with van der Waals surface area (Å²) in [7, 11) is 1.87. The van der Waals surface area contributed by atoms with Crippen LogP contribution >= 0.6 is 11.8 Å². The second kappa shape index (κ2) is 8.21. The van der Waals surface area contributed by atoms with Gasteiger partial charge in [0.2, 0.25) is 0 Å². The van der Waals surface area contributed by atoms with Crippen molar-refractivity contribution in [3.63, 3.8) is 0 Å². The summed E-state index contributed by atoms with van der Waals surface area (Å²) in [6, 6.07) is 22.8. The Morgan fingerprint density at radius 3 is 2.68 bits per heavy atom. The Balaban J connectivity index is 1.59. The maximum Gasteiger partial charge on any atom is 0.321 e. The van der Waals surface area contributed by atoms with E-state index in [1.807, 2.05) is 29.8 Å². The average molecular weight is 390 g/mol. The Hall–Kier alpha value is -2.56. The van der Waals surface area contributed by atoms with Gasteiger partial charge in [0.25, 0.3) is 0 Å². The van der Waals surface area contributed by atoms with Crippen LogP contribution in [0.2, 0.25) is 0 Å². The van der Waals surface area contributed by atoms with Gasteiger partial charge in [-0.2, -0.15) is 0 Å². The smallest absolute Gasteiger partial charge is 0.321 e. The number of aliphatic carboxylic acids is 1. The zero-order valence-corrected chi connectivity index (χ0v) is 16.7. The Labute approximate surface area is 169 Å². The summed E-state index contributed by atoms with van der Waals surface area (Å²) >= 11 is 1.83. The van der Waals surface area contributed by atoms with Crippen molar-refractivity contribution in [2.45, 2.75) is 23.1 Å². The fraction of sp³-hybridized carbons (Fsp3) is 0.208. The lowest BCUT2D eigenvalue weighted by Crippen LogP contribution is -2.41. The monoisotopic (exact) mass is 389 g/mol. The van der Waals surface area contributed by atoms with Crippen LogP contribution in [0.1, 0.15) is 17.5 Å². The molecule has 0 aliphatic carbocycles. The first-order valence-corrected chi connectivity index (χ1v) is 10.4. The number of benzene rings is 3. The summed E-state index contributed by atoms with van der Waals surface area (Å²) in [5, 5.41) is 12.1. The van der Waals surface area contributed by atoms with Crippen LogP contribution in [0.4, 0.5) is 0 Å². The first-order valence-electron chi connectivity index (χ1n) is 9.44. The number of hydrogen-bond acceptors (Lipinski definition) is 3. The van der Waals surface area contributed by atoms with E-state index in [1.54, 1.807) is 0 Å². The van der Waals surface area contributed by atoms with Crippen LogP contribution in [-0.2, 0) is 10.5 Å². The Morgan fingerprint density at radius 1 is 1.07 bits per heavy atom. The van der Waals surface area contributed by atoms with E-state index in [4.69, 9.17) is 0 Å². The molecule has 3 nitrogen and oxygen atoms in total. The molecule has 0 spiro atoms. The van der Waals surface area contributed by atoms with Crippen LogP contribution in [0.15, 0.2) is 77.7 Å². The van der Waals surface area contributed by atoms with E-state index < -0.39 is 12.0 Å². The van der Waals surface area contributed by atoms with Crippen LogP contribution in [0.25, 0.3) is 16.3 Å². The average Bonchev–Trinajstić information content (AvgIpc) is 2.72. The van der Waals surface area contributed by atoms with Crippen LogP contribution in [0.5, 0.6) is 0 Å². The highest BCUT2D eigenvalue weighted by molar-refractivity contribution is 7.98. The maximum atomic E-state index is 11.6. The molecule has 0 bridgehead atoms. The molecule has 3 aromatic carbocycles. The summed E-state index contributed by atoms with van der Waals surface area (Å²) in [5.74, 6) is 0.102. The number of rotatable bonds is 5. The SMILES string of the molecule is CN1CC=C(c2ccccc2CSc2cccc3ccccc23)CC1C(=O)O. The second-order valence-electron chi connectivity index (χ2n) is 7.15. The molecule has 1 heterocycles. The fourth-order valence-corrected chi connectivity index (χ4v) is 4.84. The van der Waals surface area contributed by atoms with Crippen LogP contribution < -0.4 is 0 Å². The molecule has 0 fully saturated rings. The Morgan fingerprint density at radius 2 is 1.82 bits per heavy atom. The zero-order valence-electron chi connectivity index (χ0n) is 15.8. The summed E-state index contributed by atoms with van der Waals surface area (Å²) in [5.41, 5.74) is 3.56. The number of carboxylic acid groups (broad SMARTS) is 1. The normalized spacial score (nSPS) is 17.5. The predicted octanol–water partition coefficient (Wildman–Crippen LogP) is 5.30.